The van der Waals surface area contributed by atoms with Crippen LogP contribution < -0.4 is 5.56 Å². The highest BCUT2D eigenvalue weighted by Gasteiger charge is 2.34. The number of alkyl halides is 3. The van der Waals surface area contributed by atoms with E-state index in [0.717, 1.165) is 10.6 Å². The first-order chi connectivity index (χ1) is 8.48. The van der Waals surface area contributed by atoms with Crippen LogP contribution in [0.15, 0.2) is 35.8 Å². The van der Waals surface area contributed by atoms with Gasteiger partial charge in [0.25, 0.3) is 5.56 Å². The monoisotopic (exact) mass is 258 g/mol. The smallest absolute Gasteiger partial charge is 0.318 e. The van der Waals surface area contributed by atoms with Gasteiger partial charge in [-0.15, -0.1) is 10.2 Å². The first kappa shape index (κ1) is 12.3. The summed E-state index contributed by atoms with van der Waals surface area (Å²) in [5.74, 6) is 0. The lowest BCUT2D eigenvalue weighted by atomic mass is 10.2. The number of aryl methyl sites for hydroxylation is 2. The van der Waals surface area contributed by atoms with Gasteiger partial charge in [-0.2, -0.15) is 13.2 Å². The molecule has 0 aliphatic carbocycles. The molecule has 2 heterocycles. The zero-order chi connectivity index (χ0) is 13.2. The largest absolute Gasteiger partial charge is 0.421 e. The van der Waals surface area contributed by atoms with E-state index in [1.54, 1.807) is 4.57 Å². The average Bonchev–Trinajstić information content (AvgIpc) is 2.79. The maximum atomic E-state index is 12.5. The van der Waals surface area contributed by atoms with E-state index in [1.165, 1.54) is 24.9 Å². The van der Waals surface area contributed by atoms with Crippen molar-refractivity contribution in [3.05, 3.63) is 46.9 Å². The summed E-state index contributed by atoms with van der Waals surface area (Å²) >= 11 is 0. The topological polar surface area (TPSA) is 52.7 Å². The third kappa shape index (κ3) is 2.58. The zero-order valence-corrected chi connectivity index (χ0v) is 9.13. The van der Waals surface area contributed by atoms with Crippen LogP contribution in [0.2, 0.25) is 0 Å². The number of rotatable bonds is 3. The number of nitrogens with zero attached hydrogens (tertiary/aromatic N) is 4. The van der Waals surface area contributed by atoms with E-state index in [-0.39, 0.29) is 6.54 Å². The van der Waals surface area contributed by atoms with Crippen molar-refractivity contribution in [2.24, 2.45) is 0 Å². The summed E-state index contributed by atoms with van der Waals surface area (Å²) in [6.07, 6.45) is -0.449. The van der Waals surface area contributed by atoms with Gasteiger partial charge in [-0.25, -0.2) is 0 Å². The van der Waals surface area contributed by atoms with E-state index in [9.17, 15) is 18.0 Å². The van der Waals surface area contributed by atoms with Crippen molar-refractivity contribution in [1.29, 1.82) is 0 Å². The molecule has 0 aliphatic heterocycles. The van der Waals surface area contributed by atoms with E-state index in [4.69, 9.17) is 0 Å². The van der Waals surface area contributed by atoms with Crippen molar-refractivity contribution in [2.75, 3.05) is 0 Å². The molecule has 8 heteroatoms. The Labute approximate surface area is 99.5 Å². The molecule has 0 amide bonds. The Kier molecular flexibility index (Phi) is 3.17. The normalized spacial score (nSPS) is 11.7. The fourth-order valence-electron chi connectivity index (χ4n) is 1.49. The van der Waals surface area contributed by atoms with Crippen molar-refractivity contribution in [3.63, 3.8) is 0 Å². The van der Waals surface area contributed by atoms with Gasteiger partial charge >= 0.3 is 6.18 Å². The number of hydrogen-bond acceptors (Lipinski definition) is 3. The second-order valence-corrected chi connectivity index (χ2v) is 3.62. The minimum atomic E-state index is -4.63. The Morgan fingerprint density at radius 2 is 1.83 bits per heavy atom. The minimum absolute atomic E-state index is 0.126. The molecule has 0 spiro atoms. The van der Waals surface area contributed by atoms with E-state index < -0.39 is 17.3 Å². The van der Waals surface area contributed by atoms with Crippen molar-refractivity contribution >= 4 is 0 Å². The van der Waals surface area contributed by atoms with Crippen LogP contribution >= 0.6 is 0 Å². The van der Waals surface area contributed by atoms with Crippen LogP contribution in [0.4, 0.5) is 13.2 Å². The summed E-state index contributed by atoms with van der Waals surface area (Å²) in [4.78, 5) is 11.6. The number of pyridine rings is 1. The minimum Gasteiger partial charge on any atom is -0.318 e. The zero-order valence-electron chi connectivity index (χ0n) is 9.13. The van der Waals surface area contributed by atoms with Crippen LogP contribution in [0.25, 0.3) is 0 Å². The lowest BCUT2D eigenvalue weighted by Gasteiger charge is -2.10. The summed E-state index contributed by atoms with van der Waals surface area (Å²) in [6.45, 7) is 0.453. The van der Waals surface area contributed by atoms with Gasteiger partial charge in [-0.1, -0.05) is 0 Å². The molecule has 0 aromatic carbocycles. The Hall–Kier alpha value is -2.12. The highest BCUT2D eigenvalue weighted by molar-refractivity contribution is 5.13. The van der Waals surface area contributed by atoms with E-state index in [2.05, 4.69) is 10.2 Å². The standard InChI is InChI=1S/C10H9F3N4O/c11-10(12,13)8-2-1-3-17(9(8)18)5-4-16-6-14-15-7-16/h1-3,6-7H,4-5H2. The third-order valence-corrected chi connectivity index (χ3v) is 2.39. The molecule has 0 bridgehead atoms. The quantitative estimate of drug-likeness (QED) is 0.830. The Bertz CT molecular complexity index is 574. The lowest BCUT2D eigenvalue weighted by molar-refractivity contribution is -0.139. The molecule has 2 rings (SSSR count). The van der Waals surface area contributed by atoms with Crippen LogP contribution in [0.5, 0.6) is 0 Å². The highest BCUT2D eigenvalue weighted by atomic mass is 19.4. The summed E-state index contributed by atoms with van der Waals surface area (Å²) in [5.41, 5.74) is -2.20. The molecule has 0 fully saturated rings. The van der Waals surface area contributed by atoms with Crippen molar-refractivity contribution in [2.45, 2.75) is 19.3 Å². The van der Waals surface area contributed by atoms with Crippen LogP contribution in [0.1, 0.15) is 5.56 Å². The average molecular weight is 258 g/mol. The van der Waals surface area contributed by atoms with Gasteiger partial charge in [-0.05, 0) is 12.1 Å². The second kappa shape index (κ2) is 4.63. The molecule has 0 atom stereocenters. The molecule has 0 radical (unpaired) electrons. The van der Waals surface area contributed by atoms with Gasteiger partial charge in [0.1, 0.15) is 18.2 Å². The van der Waals surface area contributed by atoms with E-state index >= 15 is 0 Å². The molecule has 0 aliphatic rings. The summed E-state index contributed by atoms with van der Waals surface area (Å²) < 4.78 is 40.1. The molecule has 0 N–H and O–H groups in total. The van der Waals surface area contributed by atoms with Crippen molar-refractivity contribution in [3.8, 4) is 0 Å². The lowest BCUT2D eigenvalue weighted by Crippen LogP contribution is -2.29. The number of halogens is 3. The van der Waals surface area contributed by atoms with Gasteiger partial charge < -0.3 is 9.13 Å². The van der Waals surface area contributed by atoms with Crippen LogP contribution in [-0.2, 0) is 19.3 Å². The molecule has 96 valence electrons. The van der Waals surface area contributed by atoms with Crippen LogP contribution in [0, 0.1) is 0 Å². The fourth-order valence-corrected chi connectivity index (χ4v) is 1.49. The van der Waals surface area contributed by atoms with Gasteiger partial charge in [-0.3, -0.25) is 4.79 Å². The maximum absolute atomic E-state index is 12.5. The van der Waals surface area contributed by atoms with Gasteiger partial charge in [0.2, 0.25) is 0 Å². The molecule has 0 unspecified atom stereocenters. The molecule has 0 saturated carbocycles. The van der Waals surface area contributed by atoms with Gasteiger partial charge in [0.15, 0.2) is 0 Å². The predicted octanol–water partition coefficient (Wildman–Crippen LogP) is 1.16. The van der Waals surface area contributed by atoms with Crippen molar-refractivity contribution < 1.29 is 13.2 Å². The highest BCUT2D eigenvalue weighted by Crippen LogP contribution is 2.25. The predicted molar refractivity (Wildman–Crippen MR) is 55.7 cm³/mol. The molecule has 2 aromatic heterocycles. The van der Waals surface area contributed by atoms with Crippen LogP contribution in [-0.4, -0.2) is 19.3 Å². The van der Waals surface area contributed by atoms with Crippen molar-refractivity contribution in [1.82, 2.24) is 19.3 Å². The maximum Gasteiger partial charge on any atom is 0.421 e. The number of hydrogen-bond donors (Lipinski definition) is 0. The summed E-state index contributed by atoms with van der Waals surface area (Å²) in [7, 11) is 0. The fraction of sp³-hybridized carbons (Fsp3) is 0.300. The molecule has 0 saturated heterocycles. The summed E-state index contributed by atoms with van der Waals surface area (Å²) in [6, 6.07) is 1.98. The number of aromatic nitrogens is 4. The molecule has 5 nitrogen and oxygen atoms in total. The molecular formula is C10H9F3N4O. The van der Waals surface area contributed by atoms with E-state index in [0.29, 0.717) is 6.54 Å². The third-order valence-electron chi connectivity index (χ3n) is 2.39. The Balaban J connectivity index is 2.22. The first-order valence-corrected chi connectivity index (χ1v) is 5.07. The van der Waals surface area contributed by atoms with Gasteiger partial charge in [0.05, 0.1) is 0 Å². The van der Waals surface area contributed by atoms with Crippen LogP contribution in [0.3, 0.4) is 0 Å². The Morgan fingerprint density at radius 3 is 2.44 bits per heavy atom. The SMILES string of the molecule is O=c1c(C(F)(F)F)cccn1CCn1cnnc1. The van der Waals surface area contributed by atoms with E-state index in [1.807, 2.05) is 0 Å². The summed E-state index contributed by atoms with van der Waals surface area (Å²) in [5, 5.41) is 7.12. The molecule has 18 heavy (non-hydrogen) atoms. The Morgan fingerprint density at radius 1 is 1.17 bits per heavy atom. The molecular weight excluding hydrogens is 249 g/mol. The first-order valence-electron chi connectivity index (χ1n) is 5.07. The second-order valence-electron chi connectivity index (χ2n) is 3.62. The van der Waals surface area contributed by atoms with Gasteiger partial charge in [0, 0.05) is 19.3 Å². The molecule has 2 aromatic rings.